The van der Waals surface area contributed by atoms with Crippen LogP contribution in [0.3, 0.4) is 0 Å². The van der Waals surface area contributed by atoms with Gasteiger partial charge in [-0.2, -0.15) is 10.4 Å². The van der Waals surface area contributed by atoms with Crippen LogP contribution in [0.4, 0.5) is 10.2 Å². The van der Waals surface area contributed by atoms with Crippen LogP contribution >= 0.6 is 0 Å². The highest BCUT2D eigenvalue weighted by atomic mass is 19.1. The van der Waals surface area contributed by atoms with E-state index >= 15 is 0 Å². The second-order valence-corrected chi connectivity index (χ2v) is 8.17. The summed E-state index contributed by atoms with van der Waals surface area (Å²) in [6, 6.07) is 14.6. The van der Waals surface area contributed by atoms with Gasteiger partial charge >= 0.3 is 0 Å². The summed E-state index contributed by atoms with van der Waals surface area (Å²) in [5, 5.41) is 23.7. The fourth-order valence-corrected chi connectivity index (χ4v) is 4.16. The molecule has 7 nitrogen and oxygen atoms in total. The third-order valence-electron chi connectivity index (χ3n) is 5.94. The highest BCUT2D eigenvalue weighted by Crippen LogP contribution is 2.34. The molecule has 1 aliphatic rings. The molecule has 2 N–H and O–H groups in total. The van der Waals surface area contributed by atoms with Gasteiger partial charge in [0.25, 0.3) is 0 Å². The normalized spacial score (nSPS) is 14.6. The number of anilines is 1. The molecule has 1 saturated heterocycles. The number of benzene rings is 2. The molecule has 0 radical (unpaired) electrons. The molecule has 4 aromatic rings. The second kappa shape index (κ2) is 8.02. The van der Waals surface area contributed by atoms with Crippen molar-refractivity contribution in [2.45, 2.75) is 18.9 Å². The van der Waals surface area contributed by atoms with Crippen molar-refractivity contribution in [2.24, 2.45) is 12.8 Å². The molecule has 0 spiro atoms. The number of rotatable bonds is 3. The first-order chi connectivity index (χ1) is 15.5. The van der Waals surface area contributed by atoms with E-state index in [0.717, 1.165) is 53.8 Å². The zero-order chi connectivity index (χ0) is 22.2. The third-order valence-corrected chi connectivity index (χ3v) is 5.94. The summed E-state index contributed by atoms with van der Waals surface area (Å²) in [5.74, 6) is 0.178. The Bertz CT molecular complexity index is 1350. The van der Waals surface area contributed by atoms with Gasteiger partial charge in [0.05, 0.1) is 11.1 Å². The van der Waals surface area contributed by atoms with Crippen LogP contribution in [-0.2, 0) is 7.05 Å². The number of hydrogen-bond donors (Lipinski definition) is 1. The lowest BCUT2D eigenvalue weighted by molar-refractivity contribution is 0.497. The smallest absolute Gasteiger partial charge is 0.151 e. The average Bonchev–Trinajstić information content (AvgIpc) is 3.18. The summed E-state index contributed by atoms with van der Waals surface area (Å²) in [6.45, 7) is 1.60. The third kappa shape index (κ3) is 3.67. The predicted octanol–water partition coefficient (Wildman–Crippen LogP) is 3.64. The molecule has 2 aromatic heterocycles. The SMILES string of the molecule is Cn1cc2ccc(-c3nnc(N4CCC(N)CC4)cc3-c3ccc(C#N)c(F)c3)cc2n1. The summed E-state index contributed by atoms with van der Waals surface area (Å²) >= 11 is 0. The Hall–Kier alpha value is -3.83. The lowest BCUT2D eigenvalue weighted by Crippen LogP contribution is -2.40. The van der Waals surface area contributed by atoms with Gasteiger partial charge in [0, 0.05) is 48.9 Å². The first kappa shape index (κ1) is 20.1. The second-order valence-electron chi connectivity index (χ2n) is 8.17. The molecule has 2 aromatic carbocycles. The molecular formula is C24H22FN7. The molecule has 0 amide bonds. The number of fused-ring (bicyclic) bond motifs is 1. The van der Waals surface area contributed by atoms with Gasteiger partial charge in [-0.3, -0.25) is 4.68 Å². The fraction of sp³-hybridized carbons (Fsp3) is 0.250. The van der Waals surface area contributed by atoms with Crippen molar-refractivity contribution in [1.29, 1.82) is 5.26 Å². The van der Waals surface area contributed by atoms with Crippen molar-refractivity contribution >= 4 is 16.7 Å². The minimum atomic E-state index is -0.557. The summed E-state index contributed by atoms with van der Waals surface area (Å²) in [6.07, 6.45) is 3.73. The molecule has 3 heterocycles. The fourth-order valence-electron chi connectivity index (χ4n) is 4.16. The summed E-state index contributed by atoms with van der Waals surface area (Å²) < 4.78 is 16.2. The lowest BCUT2D eigenvalue weighted by atomic mass is 9.98. The molecule has 5 rings (SSSR count). The van der Waals surface area contributed by atoms with Crippen LogP contribution in [0.25, 0.3) is 33.3 Å². The Morgan fingerprint density at radius 1 is 1.06 bits per heavy atom. The summed E-state index contributed by atoms with van der Waals surface area (Å²) in [7, 11) is 1.88. The molecule has 1 aliphatic heterocycles. The molecule has 0 bridgehead atoms. The van der Waals surface area contributed by atoms with Crippen LogP contribution in [0.5, 0.6) is 0 Å². The number of nitrogens with two attached hydrogens (primary N) is 1. The van der Waals surface area contributed by atoms with E-state index in [4.69, 9.17) is 11.0 Å². The molecule has 0 atom stereocenters. The lowest BCUT2D eigenvalue weighted by Gasteiger charge is -2.31. The Labute approximate surface area is 184 Å². The van der Waals surface area contributed by atoms with Crippen LogP contribution in [0.15, 0.2) is 48.7 Å². The zero-order valence-corrected chi connectivity index (χ0v) is 17.7. The monoisotopic (exact) mass is 427 g/mol. The van der Waals surface area contributed by atoms with Gasteiger partial charge in [-0.05, 0) is 42.7 Å². The van der Waals surface area contributed by atoms with E-state index in [1.807, 2.05) is 43.6 Å². The van der Waals surface area contributed by atoms with Crippen molar-refractivity contribution in [1.82, 2.24) is 20.0 Å². The van der Waals surface area contributed by atoms with Gasteiger partial charge in [-0.15, -0.1) is 10.2 Å². The molecule has 32 heavy (non-hydrogen) atoms. The van der Waals surface area contributed by atoms with Crippen LogP contribution < -0.4 is 10.6 Å². The van der Waals surface area contributed by atoms with E-state index in [1.165, 1.54) is 12.1 Å². The van der Waals surface area contributed by atoms with Gasteiger partial charge in [0.15, 0.2) is 5.82 Å². The first-order valence-electron chi connectivity index (χ1n) is 10.5. The van der Waals surface area contributed by atoms with Gasteiger partial charge in [-0.25, -0.2) is 4.39 Å². The number of piperidine rings is 1. The van der Waals surface area contributed by atoms with Crippen molar-refractivity contribution in [3.05, 3.63) is 60.0 Å². The minimum absolute atomic E-state index is 0.0115. The number of aromatic nitrogens is 4. The summed E-state index contributed by atoms with van der Waals surface area (Å²) in [5.41, 5.74) is 9.78. The van der Waals surface area contributed by atoms with Gasteiger partial charge in [0.2, 0.25) is 0 Å². The number of halogens is 1. The van der Waals surface area contributed by atoms with Crippen LogP contribution in [0.2, 0.25) is 0 Å². The van der Waals surface area contributed by atoms with Crippen molar-refractivity contribution in [3.8, 4) is 28.5 Å². The zero-order valence-electron chi connectivity index (χ0n) is 17.7. The van der Waals surface area contributed by atoms with Crippen molar-refractivity contribution in [3.63, 3.8) is 0 Å². The van der Waals surface area contributed by atoms with E-state index < -0.39 is 5.82 Å². The van der Waals surface area contributed by atoms with E-state index in [-0.39, 0.29) is 11.6 Å². The highest BCUT2D eigenvalue weighted by molar-refractivity contribution is 5.88. The van der Waals surface area contributed by atoms with Crippen LogP contribution in [-0.4, -0.2) is 39.1 Å². The van der Waals surface area contributed by atoms with Gasteiger partial charge in [0.1, 0.15) is 17.6 Å². The molecule has 0 unspecified atom stereocenters. The number of hydrogen-bond acceptors (Lipinski definition) is 6. The standard InChI is InChI=1S/C24H22FN7/c1-31-14-18-5-3-16(11-22(18)30-31)24-20(15-2-4-17(13-26)21(25)10-15)12-23(28-29-24)32-8-6-19(27)7-9-32/h2-5,10-12,14,19H,6-9,27H2,1H3. The predicted molar refractivity (Wildman–Crippen MR) is 121 cm³/mol. The Morgan fingerprint density at radius 3 is 2.59 bits per heavy atom. The van der Waals surface area contributed by atoms with Crippen LogP contribution in [0.1, 0.15) is 18.4 Å². The topological polar surface area (TPSA) is 96.6 Å². The molecular weight excluding hydrogens is 405 g/mol. The quantitative estimate of drug-likeness (QED) is 0.536. The van der Waals surface area contributed by atoms with Crippen LogP contribution in [0, 0.1) is 17.1 Å². The largest absolute Gasteiger partial charge is 0.355 e. The van der Waals surface area contributed by atoms with Crippen molar-refractivity contribution in [2.75, 3.05) is 18.0 Å². The molecule has 0 aliphatic carbocycles. The number of nitrogens with zero attached hydrogens (tertiary/aromatic N) is 6. The maximum atomic E-state index is 14.5. The van der Waals surface area contributed by atoms with E-state index in [9.17, 15) is 4.39 Å². The van der Waals surface area contributed by atoms with E-state index in [0.29, 0.717) is 11.3 Å². The van der Waals surface area contributed by atoms with E-state index in [2.05, 4.69) is 20.2 Å². The molecule has 0 saturated carbocycles. The Kier molecular flexibility index (Phi) is 5.04. The average molecular weight is 427 g/mol. The molecule has 8 heteroatoms. The summed E-state index contributed by atoms with van der Waals surface area (Å²) in [4.78, 5) is 2.16. The van der Waals surface area contributed by atoms with E-state index in [1.54, 1.807) is 10.7 Å². The Balaban J connectivity index is 1.64. The maximum absolute atomic E-state index is 14.5. The first-order valence-corrected chi connectivity index (χ1v) is 10.5. The van der Waals surface area contributed by atoms with Gasteiger partial charge in [-0.1, -0.05) is 18.2 Å². The molecule has 160 valence electrons. The Morgan fingerprint density at radius 2 is 1.84 bits per heavy atom. The van der Waals surface area contributed by atoms with Crippen molar-refractivity contribution < 1.29 is 4.39 Å². The highest BCUT2D eigenvalue weighted by Gasteiger charge is 2.21. The minimum Gasteiger partial charge on any atom is -0.355 e. The number of aryl methyl sites for hydroxylation is 1. The molecule has 1 fully saturated rings. The maximum Gasteiger partial charge on any atom is 0.151 e. The van der Waals surface area contributed by atoms with Gasteiger partial charge < -0.3 is 10.6 Å². The number of nitriles is 1.